The minimum Gasteiger partial charge on any atom is -0.481 e. The highest BCUT2D eigenvalue weighted by molar-refractivity contribution is 7.99. The summed E-state index contributed by atoms with van der Waals surface area (Å²) in [5.41, 5.74) is 0.848. The molecule has 0 bridgehead atoms. The van der Waals surface area contributed by atoms with Gasteiger partial charge in [0.05, 0.1) is 18.0 Å². The van der Waals surface area contributed by atoms with Crippen LogP contribution in [0.25, 0.3) is 0 Å². The van der Waals surface area contributed by atoms with Gasteiger partial charge in [0.15, 0.2) is 5.16 Å². The van der Waals surface area contributed by atoms with Crippen LogP contribution in [0.15, 0.2) is 17.4 Å². The summed E-state index contributed by atoms with van der Waals surface area (Å²) in [6.45, 7) is 6.39. The van der Waals surface area contributed by atoms with E-state index < -0.39 is 5.97 Å². The van der Waals surface area contributed by atoms with Crippen molar-refractivity contribution < 1.29 is 9.90 Å². The summed E-state index contributed by atoms with van der Waals surface area (Å²) in [6, 6.07) is 1.84. The van der Waals surface area contributed by atoms with E-state index in [1.165, 1.54) is 0 Å². The lowest BCUT2D eigenvalue weighted by Crippen LogP contribution is -2.10. The smallest absolute Gasteiger partial charge is 0.313 e. The zero-order valence-corrected chi connectivity index (χ0v) is 13.0. The summed E-state index contributed by atoms with van der Waals surface area (Å²) in [4.78, 5) is 19.2. The van der Waals surface area contributed by atoms with E-state index in [0.29, 0.717) is 17.5 Å². The molecule has 0 spiro atoms. The molecule has 7 nitrogen and oxygen atoms in total. The molecule has 21 heavy (non-hydrogen) atoms. The average Bonchev–Trinajstić information content (AvgIpc) is 2.79. The van der Waals surface area contributed by atoms with Gasteiger partial charge in [-0.3, -0.25) is 9.36 Å². The normalized spacial score (nSPS) is 11.0. The van der Waals surface area contributed by atoms with Gasteiger partial charge in [0.2, 0.25) is 0 Å². The minimum atomic E-state index is -0.876. The van der Waals surface area contributed by atoms with Gasteiger partial charge in [-0.1, -0.05) is 25.6 Å². The van der Waals surface area contributed by atoms with Crippen molar-refractivity contribution in [3.05, 3.63) is 29.6 Å². The molecule has 0 saturated carbocycles. The number of hydrogen-bond acceptors (Lipinski definition) is 6. The third-order valence-corrected chi connectivity index (χ3v) is 3.69. The zero-order valence-electron chi connectivity index (χ0n) is 12.1. The Hall–Kier alpha value is -1.96. The molecule has 0 saturated heterocycles. The molecule has 0 aromatic carbocycles. The summed E-state index contributed by atoms with van der Waals surface area (Å²) in [5.74, 6) is 0.794. The van der Waals surface area contributed by atoms with Crippen LogP contribution in [0.3, 0.4) is 0 Å². The Labute approximate surface area is 126 Å². The van der Waals surface area contributed by atoms with Crippen LogP contribution in [-0.2, 0) is 11.3 Å². The standard InChI is InChI=1S/C13H17N5O2S/c1-8(2)12-16-17-13(21-7-11(19)20)18(12)6-10-4-5-14-9(3)15-10/h4-5,8H,6-7H2,1-3H3,(H,19,20). The molecule has 0 unspecified atom stereocenters. The van der Waals surface area contributed by atoms with Crippen LogP contribution in [0, 0.1) is 6.92 Å². The number of nitrogens with zero attached hydrogens (tertiary/aromatic N) is 5. The van der Waals surface area contributed by atoms with Gasteiger partial charge < -0.3 is 5.11 Å². The molecule has 0 aliphatic heterocycles. The number of carboxylic acid groups (broad SMARTS) is 1. The lowest BCUT2D eigenvalue weighted by molar-refractivity contribution is -0.133. The van der Waals surface area contributed by atoms with E-state index in [1.54, 1.807) is 6.20 Å². The second kappa shape index (κ2) is 6.66. The summed E-state index contributed by atoms with van der Waals surface area (Å²) < 4.78 is 1.92. The van der Waals surface area contributed by atoms with Gasteiger partial charge in [-0.15, -0.1) is 10.2 Å². The van der Waals surface area contributed by atoms with Crippen LogP contribution in [0.5, 0.6) is 0 Å². The lowest BCUT2D eigenvalue weighted by Gasteiger charge is -2.11. The second-order valence-electron chi connectivity index (χ2n) is 4.86. The highest BCUT2D eigenvalue weighted by Crippen LogP contribution is 2.22. The van der Waals surface area contributed by atoms with Crippen molar-refractivity contribution in [1.29, 1.82) is 0 Å². The van der Waals surface area contributed by atoms with Gasteiger partial charge in [0, 0.05) is 12.1 Å². The van der Waals surface area contributed by atoms with Crippen molar-refractivity contribution in [2.45, 2.75) is 38.4 Å². The number of carboxylic acids is 1. The fourth-order valence-corrected chi connectivity index (χ4v) is 2.53. The summed E-state index contributed by atoms with van der Waals surface area (Å²) >= 11 is 1.16. The Kier molecular flexibility index (Phi) is 4.89. The van der Waals surface area contributed by atoms with E-state index in [1.807, 2.05) is 31.4 Å². The second-order valence-corrected chi connectivity index (χ2v) is 5.80. The van der Waals surface area contributed by atoms with Crippen LogP contribution in [0.2, 0.25) is 0 Å². The van der Waals surface area contributed by atoms with Crippen molar-refractivity contribution >= 4 is 17.7 Å². The van der Waals surface area contributed by atoms with Gasteiger partial charge >= 0.3 is 5.97 Å². The number of carbonyl (C=O) groups is 1. The summed E-state index contributed by atoms with van der Waals surface area (Å²) in [7, 11) is 0. The fraction of sp³-hybridized carbons (Fsp3) is 0.462. The van der Waals surface area contributed by atoms with E-state index in [-0.39, 0.29) is 11.7 Å². The van der Waals surface area contributed by atoms with Gasteiger partial charge in [-0.05, 0) is 13.0 Å². The Morgan fingerprint density at radius 1 is 1.43 bits per heavy atom. The van der Waals surface area contributed by atoms with Gasteiger partial charge in [0.1, 0.15) is 11.6 Å². The molecule has 8 heteroatoms. The molecule has 0 radical (unpaired) electrons. The first-order valence-corrected chi connectivity index (χ1v) is 7.52. The van der Waals surface area contributed by atoms with Crippen molar-refractivity contribution in [3.8, 4) is 0 Å². The molecular formula is C13H17N5O2S. The minimum absolute atomic E-state index is 0.0426. The monoisotopic (exact) mass is 307 g/mol. The molecule has 2 aromatic rings. The molecule has 0 aliphatic carbocycles. The van der Waals surface area contributed by atoms with Crippen molar-refractivity contribution in [1.82, 2.24) is 24.7 Å². The van der Waals surface area contributed by atoms with E-state index in [9.17, 15) is 4.79 Å². The number of thioether (sulfide) groups is 1. The fourth-order valence-electron chi connectivity index (χ4n) is 1.86. The van der Waals surface area contributed by atoms with E-state index in [2.05, 4.69) is 20.2 Å². The Bertz CT molecular complexity index is 641. The van der Waals surface area contributed by atoms with Crippen LogP contribution < -0.4 is 0 Å². The maximum absolute atomic E-state index is 10.7. The van der Waals surface area contributed by atoms with Gasteiger partial charge in [-0.25, -0.2) is 9.97 Å². The average molecular weight is 307 g/mol. The van der Waals surface area contributed by atoms with Crippen molar-refractivity contribution in [2.24, 2.45) is 0 Å². The highest BCUT2D eigenvalue weighted by Gasteiger charge is 2.17. The Morgan fingerprint density at radius 3 is 2.81 bits per heavy atom. The van der Waals surface area contributed by atoms with E-state index >= 15 is 0 Å². The molecule has 0 atom stereocenters. The molecule has 2 rings (SSSR count). The number of hydrogen-bond donors (Lipinski definition) is 1. The van der Waals surface area contributed by atoms with E-state index in [4.69, 9.17) is 5.11 Å². The molecule has 0 fully saturated rings. The number of rotatable bonds is 6. The summed E-state index contributed by atoms with van der Waals surface area (Å²) in [6.07, 6.45) is 1.71. The largest absolute Gasteiger partial charge is 0.481 e. The first-order valence-electron chi connectivity index (χ1n) is 6.53. The molecule has 1 N–H and O–H groups in total. The number of aromatic nitrogens is 5. The number of aryl methyl sites for hydroxylation is 1. The van der Waals surface area contributed by atoms with Crippen LogP contribution in [-0.4, -0.2) is 41.6 Å². The van der Waals surface area contributed by atoms with Crippen LogP contribution in [0.4, 0.5) is 0 Å². The molecule has 0 amide bonds. The molecule has 2 heterocycles. The third kappa shape index (κ3) is 4.01. The van der Waals surface area contributed by atoms with E-state index in [0.717, 1.165) is 23.3 Å². The first-order chi connectivity index (χ1) is 9.97. The quantitative estimate of drug-likeness (QED) is 0.812. The van der Waals surface area contributed by atoms with Crippen molar-refractivity contribution in [2.75, 3.05) is 5.75 Å². The molecule has 0 aliphatic rings. The zero-order chi connectivity index (χ0) is 15.4. The van der Waals surface area contributed by atoms with Crippen molar-refractivity contribution in [3.63, 3.8) is 0 Å². The highest BCUT2D eigenvalue weighted by atomic mass is 32.2. The third-order valence-electron chi connectivity index (χ3n) is 2.74. The predicted octanol–water partition coefficient (Wildman–Crippen LogP) is 1.72. The van der Waals surface area contributed by atoms with Crippen LogP contribution >= 0.6 is 11.8 Å². The molecule has 112 valence electrons. The lowest BCUT2D eigenvalue weighted by atomic mass is 10.2. The summed E-state index contributed by atoms with van der Waals surface area (Å²) in [5, 5.41) is 17.7. The van der Waals surface area contributed by atoms with Crippen LogP contribution in [0.1, 0.15) is 37.1 Å². The maximum atomic E-state index is 10.7. The number of aliphatic carboxylic acids is 1. The topological polar surface area (TPSA) is 93.8 Å². The Balaban J connectivity index is 2.30. The maximum Gasteiger partial charge on any atom is 0.313 e. The van der Waals surface area contributed by atoms with Gasteiger partial charge in [0.25, 0.3) is 0 Å². The molecule has 2 aromatic heterocycles. The predicted molar refractivity (Wildman–Crippen MR) is 78.3 cm³/mol. The Morgan fingerprint density at radius 2 is 2.19 bits per heavy atom. The first kappa shape index (κ1) is 15.4. The SMILES string of the molecule is Cc1nccc(Cn2c(SCC(=O)O)nnc2C(C)C)n1. The van der Waals surface area contributed by atoms with Gasteiger partial charge in [-0.2, -0.15) is 0 Å². The molecular weight excluding hydrogens is 290 g/mol.